The van der Waals surface area contributed by atoms with Crippen molar-refractivity contribution < 1.29 is 0 Å². The van der Waals surface area contributed by atoms with Crippen molar-refractivity contribution in [2.45, 2.75) is 82.8 Å². The Labute approximate surface area is 206 Å². The second-order valence-electron chi connectivity index (χ2n) is 10.8. The summed E-state index contributed by atoms with van der Waals surface area (Å²) >= 11 is 0. The second kappa shape index (κ2) is 9.82. The highest BCUT2D eigenvalue weighted by Crippen LogP contribution is 2.35. The normalized spacial score (nSPS) is 22.2. The van der Waals surface area contributed by atoms with Gasteiger partial charge in [0.15, 0.2) is 5.82 Å². The molecule has 0 spiro atoms. The maximum atomic E-state index is 13.5. The highest BCUT2D eigenvalue weighted by Gasteiger charge is 2.35. The molecule has 3 heterocycles. The summed E-state index contributed by atoms with van der Waals surface area (Å²) in [7, 11) is 0. The Hall–Kier alpha value is -2.58. The van der Waals surface area contributed by atoms with Gasteiger partial charge in [0.1, 0.15) is 6.04 Å². The van der Waals surface area contributed by atoms with Crippen LogP contribution < -0.4 is 5.56 Å². The largest absolute Gasteiger partial charge is 0.321 e. The molecule has 2 aliphatic carbocycles. The maximum Gasteiger partial charge on any atom is 0.253 e. The van der Waals surface area contributed by atoms with Gasteiger partial charge in [0.25, 0.3) is 5.56 Å². The third kappa shape index (κ3) is 4.42. The molecule has 0 amide bonds. The van der Waals surface area contributed by atoms with Crippen LogP contribution in [-0.2, 0) is 0 Å². The van der Waals surface area contributed by atoms with Crippen LogP contribution in [0.3, 0.4) is 0 Å². The van der Waals surface area contributed by atoms with Crippen molar-refractivity contribution in [3.63, 3.8) is 0 Å². The van der Waals surface area contributed by atoms with Gasteiger partial charge in [0.2, 0.25) is 0 Å². The standard InChI is InChI=1S/C27H37N7O/c1-19-8-7-9-20-18-23(27(35)28-24(19)20)25(26-29-30-31-34(26)22-12-5-6-13-22)33-16-14-32(15-17-33)21-10-3-2-4-11-21/h7-9,18,21-22,25H,2-6,10-17H2,1H3,(H,28,35)/t25-/m0/s1. The smallest absolute Gasteiger partial charge is 0.253 e. The Morgan fingerprint density at radius 2 is 1.66 bits per heavy atom. The van der Waals surface area contributed by atoms with Gasteiger partial charge in [-0.25, -0.2) is 4.68 Å². The van der Waals surface area contributed by atoms with Crippen LogP contribution in [0.2, 0.25) is 0 Å². The Balaban J connectivity index is 1.37. The molecule has 3 fully saturated rings. The number of para-hydroxylation sites is 1. The number of pyridine rings is 1. The monoisotopic (exact) mass is 475 g/mol. The van der Waals surface area contributed by atoms with E-state index in [4.69, 9.17) is 0 Å². The van der Waals surface area contributed by atoms with Crippen LogP contribution in [0.4, 0.5) is 0 Å². The lowest BCUT2D eigenvalue weighted by molar-refractivity contribution is 0.0613. The molecule has 6 rings (SSSR count). The highest BCUT2D eigenvalue weighted by atomic mass is 16.1. The fourth-order valence-corrected chi connectivity index (χ4v) is 6.70. The van der Waals surface area contributed by atoms with Gasteiger partial charge >= 0.3 is 0 Å². The average molecular weight is 476 g/mol. The molecule has 8 nitrogen and oxygen atoms in total. The molecule has 8 heteroatoms. The van der Waals surface area contributed by atoms with Crippen LogP contribution in [0.15, 0.2) is 29.1 Å². The fraction of sp³-hybridized carbons (Fsp3) is 0.630. The van der Waals surface area contributed by atoms with Crippen LogP contribution >= 0.6 is 0 Å². The van der Waals surface area contributed by atoms with Crippen molar-refractivity contribution in [2.75, 3.05) is 26.2 Å². The Morgan fingerprint density at radius 3 is 2.43 bits per heavy atom. The molecule has 1 aliphatic heterocycles. The van der Waals surface area contributed by atoms with E-state index >= 15 is 0 Å². The van der Waals surface area contributed by atoms with E-state index in [2.05, 4.69) is 48.5 Å². The molecule has 0 radical (unpaired) electrons. The van der Waals surface area contributed by atoms with Crippen molar-refractivity contribution in [1.82, 2.24) is 35.0 Å². The number of benzene rings is 1. The van der Waals surface area contributed by atoms with Crippen molar-refractivity contribution >= 4 is 10.9 Å². The highest BCUT2D eigenvalue weighted by molar-refractivity contribution is 5.82. The first-order valence-electron chi connectivity index (χ1n) is 13.6. The Morgan fingerprint density at radius 1 is 0.943 bits per heavy atom. The number of hydrogen-bond donors (Lipinski definition) is 1. The van der Waals surface area contributed by atoms with Gasteiger partial charge in [-0.1, -0.05) is 50.3 Å². The van der Waals surface area contributed by atoms with Gasteiger partial charge in [0.05, 0.1) is 11.6 Å². The molecule has 0 unspecified atom stereocenters. The second-order valence-corrected chi connectivity index (χ2v) is 10.8. The number of fused-ring (bicyclic) bond motifs is 1. The van der Waals surface area contributed by atoms with E-state index in [1.165, 1.54) is 44.9 Å². The molecule has 186 valence electrons. The summed E-state index contributed by atoms with van der Waals surface area (Å²) in [4.78, 5) is 21.9. The first-order valence-corrected chi connectivity index (χ1v) is 13.6. The van der Waals surface area contributed by atoms with Gasteiger partial charge in [-0.15, -0.1) is 5.10 Å². The van der Waals surface area contributed by atoms with Gasteiger partial charge in [-0.2, -0.15) is 0 Å². The Kier molecular flexibility index (Phi) is 6.41. The number of piperazine rings is 1. The molecule has 3 aliphatic rings. The molecular formula is C27H37N7O. The van der Waals surface area contributed by atoms with Crippen LogP contribution in [0.1, 0.15) is 86.8 Å². The SMILES string of the molecule is Cc1cccc2cc([C@@H](c3nnnn3C3CCCC3)N3CCN(C4CCCCC4)CC3)c(=O)[nH]c12. The van der Waals surface area contributed by atoms with Crippen LogP contribution in [0, 0.1) is 6.92 Å². The lowest BCUT2D eigenvalue weighted by atomic mass is 9.93. The number of rotatable bonds is 5. The maximum absolute atomic E-state index is 13.5. The van der Waals surface area contributed by atoms with E-state index in [0.717, 1.165) is 72.9 Å². The van der Waals surface area contributed by atoms with Crippen molar-refractivity contribution in [1.29, 1.82) is 0 Å². The van der Waals surface area contributed by atoms with Crippen molar-refractivity contribution in [3.05, 3.63) is 51.6 Å². The molecule has 1 aromatic carbocycles. The molecule has 35 heavy (non-hydrogen) atoms. The van der Waals surface area contributed by atoms with Crippen LogP contribution in [-0.4, -0.2) is 67.2 Å². The molecule has 0 bridgehead atoms. The number of aromatic amines is 1. The fourth-order valence-electron chi connectivity index (χ4n) is 6.70. The average Bonchev–Trinajstić information content (AvgIpc) is 3.59. The zero-order chi connectivity index (χ0) is 23.8. The lowest BCUT2D eigenvalue weighted by Gasteiger charge is -2.43. The summed E-state index contributed by atoms with van der Waals surface area (Å²) in [5, 5.41) is 14.2. The van der Waals surface area contributed by atoms with Crippen LogP contribution in [0.5, 0.6) is 0 Å². The predicted molar refractivity (Wildman–Crippen MR) is 136 cm³/mol. The number of nitrogens with one attached hydrogen (secondary N) is 1. The zero-order valence-electron chi connectivity index (χ0n) is 20.8. The molecule has 1 saturated heterocycles. The molecule has 3 aromatic rings. The van der Waals surface area contributed by atoms with Gasteiger partial charge in [-0.05, 0) is 60.0 Å². The minimum absolute atomic E-state index is 0.0347. The first kappa shape index (κ1) is 22.9. The number of aryl methyl sites for hydroxylation is 1. The molecule has 2 aromatic heterocycles. The van der Waals surface area contributed by atoms with E-state index in [-0.39, 0.29) is 11.6 Å². The molecular weight excluding hydrogens is 438 g/mol. The van der Waals surface area contributed by atoms with E-state index < -0.39 is 0 Å². The number of nitrogens with zero attached hydrogens (tertiary/aromatic N) is 6. The summed E-state index contributed by atoms with van der Waals surface area (Å²) in [5.41, 5.74) is 2.72. The molecule has 1 atom stereocenters. The first-order chi connectivity index (χ1) is 17.2. The Bertz CT molecular complexity index is 1210. The summed E-state index contributed by atoms with van der Waals surface area (Å²) < 4.78 is 2.03. The van der Waals surface area contributed by atoms with E-state index in [9.17, 15) is 4.79 Å². The predicted octanol–water partition coefficient (Wildman–Crippen LogP) is 3.98. The number of tetrazole rings is 1. The molecule has 2 saturated carbocycles. The van der Waals surface area contributed by atoms with Gasteiger partial charge < -0.3 is 4.98 Å². The summed E-state index contributed by atoms with van der Waals surface area (Å²) in [6, 6.07) is 9.06. The van der Waals surface area contributed by atoms with Gasteiger partial charge in [0, 0.05) is 37.8 Å². The summed E-state index contributed by atoms with van der Waals surface area (Å²) in [5.74, 6) is 0.820. The number of H-pyrrole nitrogens is 1. The molecule has 1 N–H and O–H groups in total. The topological polar surface area (TPSA) is 82.9 Å². The van der Waals surface area contributed by atoms with Crippen molar-refractivity contribution in [3.8, 4) is 0 Å². The number of aromatic nitrogens is 5. The summed E-state index contributed by atoms with van der Waals surface area (Å²) in [6.45, 7) is 5.96. The van der Waals surface area contributed by atoms with Crippen LogP contribution in [0.25, 0.3) is 10.9 Å². The van der Waals surface area contributed by atoms with Gasteiger partial charge in [-0.3, -0.25) is 14.6 Å². The lowest BCUT2D eigenvalue weighted by Crippen LogP contribution is -2.52. The van der Waals surface area contributed by atoms with E-state index in [0.29, 0.717) is 6.04 Å². The minimum atomic E-state index is -0.243. The van der Waals surface area contributed by atoms with E-state index in [1.807, 2.05) is 17.7 Å². The zero-order valence-corrected chi connectivity index (χ0v) is 20.8. The summed E-state index contributed by atoms with van der Waals surface area (Å²) in [6.07, 6.45) is 11.4. The quantitative estimate of drug-likeness (QED) is 0.601. The van der Waals surface area contributed by atoms with E-state index in [1.54, 1.807) is 0 Å². The third-order valence-electron chi connectivity index (χ3n) is 8.65. The third-order valence-corrected chi connectivity index (χ3v) is 8.65. The number of hydrogen-bond acceptors (Lipinski definition) is 6. The minimum Gasteiger partial charge on any atom is -0.321 e. The van der Waals surface area contributed by atoms with Crippen molar-refractivity contribution in [2.24, 2.45) is 0 Å².